The van der Waals surface area contributed by atoms with E-state index in [1.807, 2.05) is 11.8 Å². The average Bonchev–Trinajstić information content (AvgIpc) is 2.48. The Morgan fingerprint density at radius 2 is 2.21 bits per heavy atom. The van der Waals surface area contributed by atoms with Crippen molar-refractivity contribution in [3.63, 3.8) is 0 Å². The molecule has 0 bridgehead atoms. The van der Waals surface area contributed by atoms with Gasteiger partial charge in [0.1, 0.15) is 0 Å². The summed E-state index contributed by atoms with van der Waals surface area (Å²) in [6.07, 6.45) is 6.72. The maximum atomic E-state index is 11.6. The molecule has 1 heterocycles. The first-order chi connectivity index (χ1) is 6.79. The molecule has 4 heteroatoms. The zero-order valence-corrected chi connectivity index (χ0v) is 9.40. The largest absolute Gasteiger partial charge is 0.352 e. The fourth-order valence-corrected chi connectivity index (χ4v) is 2.90. The topological polar surface area (TPSA) is 41.1 Å². The van der Waals surface area contributed by atoms with Crippen LogP contribution in [-0.2, 0) is 4.79 Å². The molecule has 80 valence electrons. The van der Waals surface area contributed by atoms with Crippen LogP contribution in [0.2, 0.25) is 0 Å². The third-order valence-corrected chi connectivity index (χ3v) is 4.30. The van der Waals surface area contributed by atoms with Gasteiger partial charge in [0.2, 0.25) is 5.91 Å². The summed E-state index contributed by atoms with van der Waals surface area (Å²) in [6, 6.07) is 0.533. The standard InChI is InChI=1S/C10H18N2OS/c1-14-8-3-2-7(6-8)12-10(13)9-4-5-11-9/h7-9,11H,2-6H2,1H3,(H,12,13). The maximum absolute atomic E-state index is 11.6. The lowest BCUT2D eigenvalue weighted by Crippen LogP contribution is -2.54. The van der Waals surface area contributed by atoms with Gasteiger partial charge in [-0.15, -0.1) is 0 Å². The van der Waals surface area contributed by atoms with Crippen LogP contribution in [0, 0.1) is 0 Å². The predicted molar refractivity (Wildman–Crippen MR) is 59.5 cm³/mol. The van der Waals surface area contributed by atoms with Crippen molar-refractivity contribution in [3.8, 4) is 0 Å². The molecule has 2 fully saturated rings. The molecule has 14 heavy (non-hydrogen) atoms. The lowest BCUT2D eigenvalue weighted by Gasteiger charge is -2.27. The van der Waals surface area contributed by atoms with Crippen molar-refractivity contribution in [2.24, 2.45) is 0 Å². The molecule has 1 amide bonds. The second-order valence-electron chi connectivity index (χ2n) is 4.17. The van der Waals surface area contributed by atoms with Crippen LogP contribution in [-0.4, -0.2) is 36.0 Å². The van der Waals surface area contributed by atoms with Gasteiger partial charge in [0.25, 0.3) is 0 Å². The van der Waals surface area contributed by atoms with Crippen LogP contribution in [0.5, 0.6) is 0 Å². The third kappa shape index (κ3) is 2.23. The summed E-state index contributed by atoms with van der Waals surface area (Å²) >= 11 is 1.92. The third-order valence-electron chi connectivity index (χ3n) is 3.20. The normalized spacial score (nSPS) is 36.5. The molecule has 2 rings (SSSR count). The van der Waals surface area contributed by atoms with E-state index in [0.29, 0.717) is 6.04 Å². The van der Waals surface area contributed by atoms with Gasteiger partial charge < -0.3 is 10.6 Å². The Hall–Kier alpha value is -0.220. The van der Waals surface area contributed by atoms with Gasteiger partial charge in [0.05, 0.1) is 6.04 Å². The fourth-order valence-electron chi connectivity index (χ4n) is 2.10. The monoisotopic (exact) mass is 214 g/mol. The van der Waals surface area contributed by atoms with Crippen molar-refractivity contribution >= 4 is 17.7 Å². The van der Waals surface area contributed by atoms with Gasteiger partial charge in [-0.2, -0.15) is 11.8 Å². The second kappa shape index (κ2) is 4.53. The van der Waals surface area contributed by atoms with E-state index in [1.165, 1.54) is 6.42 Å². The lowest BCUT2D eigenvalue weighted by molar-refractivity contribution is -0.125. The van der Waals surface area contributed by atoms with Gasteiger partial charge in [-0.05, 0) is 38.5 Å². The number of rotatable bonds is 3. The Labute approximate surface area is 89.4 Å². The minimum Gasteiger partial charge on any atom is -0.352 e. The zero-order chi connectivity index (χ0) is 9.97. The van der Waals surface area contributed by atoms with E-state index in [0.717, 1.165) is 31.1 Å². The van der Waals surface area contributed by atoms with Crippen molar-refractivity contribution < 1.29 is 4.79 Å². The van der Waals surface area contributed by atoms with E-state index < -0.39 is 0 Å². The number of carbonyl (C=O) groups excluding carboxylic acids is 1. The van der Waals surface area contributed by atoms with Crippen LogP contribution in [0.15, 0.2) is 0 Å². The van der Waals surface area contributed by atoms with Crippen LogP contribution in [0.4, 0.5) is 0 Å². The zero-order valence-electron chi connectivity index (χ0n) is 8.58. The molecule has 1 saturated carbocycles. The number of nitrogens with one attached hydrogen (secondary N) is 2. The molecule has 3 unspecified atom stereocenters. The Kier molecular flexibility index (Phi) is 3.34. The molecule has 0 aromatic carbocycles. The van der Waals surface area contributed by atoms with Crippen molar-refractivity contribution in [1.29, 1.82) is 0 Å². The molecule has 2 aliphatic rings. The van der Waals surface area contributed by atoms with Gasteiger partial charge in [-0.1, -0.05) is 0 Å². The number of amides is 1. The smallest absolute Gasteiger partial charge is 0.237 e. The van der Waals surface area contributed by atoms with Gasteiger partial charge in [-0.3, -0.25) is 4.79 Å². The van der Waals surface area contributed by atoms with Gasteiger partial charge in [-0.25, -0.2) is 0 Å². The number of carbonyl (C=O) groups is 1. The average molecular weight is 214 g/mol. The van der Waals surface area contributed by atoms with Gasteiger partial charge >= 0.3 is 0 Å². The van der Waals surface area contributed by atoms with E-state index in [9.17, 15) is 4.79 Å². The minimum absolute atomic E-state index is 0.100. The second-order valence-corrected chi connectivity index (χ2v) is 5.31. The Bertz CT molecular complexity index is 218. The number of hydrogen-bond donors (Lipinski definition) is 2. The molecule has 2 N–H and O–H groups in total. The van der Waals surface area contributed by atoms with Crippen molar-refractivity contribution in [3.05, 3.63) is 0 Å². The highest BCUT2D eigenvalue weighted by Gasteiger charge is 2.29. The maximum Gasteiger partial charge on any atom is 0.237 e. The molecule has 1 saturated heterocycles. The molecular formula is C10H18N2OS. The van der Waals surface area contributed by atoms with E-state index in [2.05, 4.69) is 16.9 Å². The molecular weight excluding hydrogens is 196 g/mol. The van der Waals surface area contributed by atoms with Crippen LogP contribution in [0.3, 0.4) is 0 Å². The van der Waals surface area contributed by atoms with E-state index in [1.54, 1.807) is 0 Å². The Morgan fingerprint density at radius 1 is 1.43 bits per heavy atom. The Balaban J connectivity index is 1.72. The van der Waals surface area contributed by atoms with Crippen LogP contribution in [0.25, 0.3) is 0 Å². The SMILES string of the molecule is CSC1CCC(NC(=O)C2CCN2)C1. The summed E-state index contributed by atoms with van der Waals surface area (Å²) in [6.45, 7) is 0.996. The highest BCUT2D eigenvalue weighted by atomic mass is 32.2. The van der Waals surface area contributed by atoms with E-state index in [4.69, 9.17) is 0 Å². The summed E-state index contributed by atoms with van der Waals surface area (Å²) in [7, 11) is 0. The van der Waals surface area contributed by atoms with Crippen LogP contribution >= 0.6 is 11.8 Å². The highest BCUT2D eigenvalue weighted by molar-refractivity contribution is 7.99. The Morgan fingerprint density at radius 3 is 2.71 bits per heavy atom. The minimum atomic E-state index is 0.100. The summed E-state index contributed by atoms with van der Waals surface area (Å²) in [5.74, 6) is 0.211. The first kappa shape index (κ1) is 10.3. The van der Waals surface area contributed by atoms with E-state index in [-0.39, 0.29) is 11.9 Å². The summed E-state index contributed by atoms with van der Waals surface area (Å²) < 4.78 is 0. The van der Waals surface area contributed by atoms with Crippen molar-refractivity contribution in [2.45, 2.75) is 43.0 Å². The predicted octanol–water partition coefficient (Wildman–Crippen LogP) is 0.749. The number of hydrogen-bond acceptors (Lipinski definition) is 3. The summed E-state index contributed by atoms with van der Waals surface area (Å²) in [5, 5.41) is 7.02. The van der Waals surface area contributed by atoms with Gasteiger partial charge in [0, 0.05) is 11.3 Å². The molecule has 3 nitrogen and oxygen atoms in total. The van der Waals surface area contributed by atoms with Crippen molar-refractivity contribution in [1.82, 2.24) is 10.6 Å². The molecule has 0 aromatic rings. The molecule has 0 aromatic heterocycles. The fraction of sp³-hybridized carbons (Fsp3) is 0.900. The van der Waals surface area contributed by atoms with E-state index >= 15 is 0 Å². The first-order valence-electron chi connectivity index (χ1n) is 5.36. The first-order valence-corrected chi connectivity index (χ1v) is 6.65. The summed E-state index contributed by atoms with van der Waals surface area (Å²) in [5.41, 5.74) is 0. The number of thioether (sulfide) groups is 1. The molecule has 0 spiro atoms. The molecule has 1 aliphatic carbocycles. The lowest BCUT2D eigenvalue weighted by atomic mass is 10.1. The quantitative estimate of drug-likeness (QED) is 0.728. The highest BCUT2D eigenvalue weighted by Crippen LogP contribution is 2.28. The summed E-state index contributed by atoms with van der Waals surface area (Å²) in [4.78, 5) is 11.6. The molecule has 1 aliphatic heterocycles. The molecule has 3 atom stereocenters. The molecule has 0 radical (unpaired) electrons. The van der Waals surface area contributed by atoms with Gasteiger partial charge in [0.15, 0.2) is 0 Å². The van der Waals surface area contributed by atoms with Crippen LogP contribution in [0.1, 0.15) is 25.7 Å². The van der Waals surface area contributed by atoms with Crippen LogP contribution < -0.4 is 10.6 Å². The van der Waals surface area contributed by atoms with Crippen molar-refractivity contribution in [2.75, 3.05) is 12.8 Å².